The molecule has 0 saturated carbocycles. The average Bonchev–Trinajstić information content (AvgIpc) is 2.65. The first-order valence-corrected chi connectivity index (χ1v) is 9.42. The third-order valence-electron chi connectivity index (χ3n) is 4.18. The van der Waals surface area contributed by atoms with Crippen LogP contribution in [0.15, 0.2) is 42.5 Å². The lowest BCUT2D eigenvalue weighted by Crippen LogP contribution is -2.40. The molecular formula is C22H26N2O4. The first kappa shape index (κ1) is 19.7. The van der Waals surface area contributed by atoms with E-state index in [9.17, 15) is 9.59 Å². The van der Waals surface area contributed by atoms with Crippen molar-refractivity contribution < 1.29 is 19.1 Å². The van der Waals surface area contributed by atoms with E-state index in [1.807, 2.05) is 39.0 Å². The summed E-state index contributed by atoms with van der Waals surface area (Å²) in [6, 6.07) is 12.7. The van der Waals surface area contributed by atoms with Gasteiger partial charge in [0.1, 0.15) is 13.2 Å². The summed E-state index contributed by atoms with van der Waals surface area (Å²) in [5.41, 5.74) is 1.60. The molecule has 0 spiro atoms. The number of anilines is 1. The van der Waals surface area contributed by atoms with Gasteiger partial charge in [-0.05, 0) is 57.0 Å². The number of rotatable bonds is 5. The van der Waals surface area contributed by atoms with Crippen LogP contribution in [-0.2, 0) is 11.2 Å². The lowest BCUT2D eigenvalue weighted by molar-refractivity contribution is -0.116. The number of nitrogens with one attached hydrogen (secondary N) is 2. The van der Waals surface area contributed by atoms with Gasteiger partial charge in [-0.1, -0.05) is 18.2 Å². The molecule has 2 aromatic rings. The van der Waals surface area contributed by atoms with Crippen LogP contribution in [0.25, 0.3) is 0 Å². The first-order chi connectivity index (χ1) is 13.3. The molecule has 1 aliphatic rings. The van der Waals surface area contributed by atoms with Gasteiger partial charge in [0.25, 0.3) is 5.91 Å². The SMILES string of the molecule is CC(C)(C)NC(=O)c1ccccc1NC(=O)CCc1ccc2c(c1)OCCO2. The van der Waals surface area contributed by atoms with Crippen LogP contribution in [0.1, 0.15) is 43.1 Å². The van der Waals surface area contributed by atoms with Gasteiger partial charge in [0.05, 0.1) is 11.3 Å². The van der Waals surface area contributed by atoms with Gasteiger partial charge in [-0.25, -0.2) is 0 Å². The Morgan fingerprint density at radius 3 is 2.46 bits per heavy atom. The highest BCUT2D eigenvalue weighted by atomic mass is 16.6. The summed E-state index contributed by atoms with van der Waals surface area (Å²) in [5.74, 6) is 1.09. The Morgan fingerprint density at radius 1 is 1.00 bits per heavy atom. The van der Waals surface area contributed by atoms with Crippen molar-refractivity contribution in [3.63, 3.8) is 0 Å². The topological polar surface area (TPSA) is 76.7 Å². The average molecular weight is 382 g/mol. The van der Waals surface area contributed by atoms with Crippen LogP contribution in [0.5, 0.6) is 11.5 Å². The Hall–Kier alpha value is -3.02. The molecule has 6 heteroatoms. The number of carbonyl (C=O) groups excluding carboxylic acids is 2. The Balaban J connectivity index is 1.62. The van der Waals surface area contributed by atoms with Gasteiger partial charge in [0.2, 0.25) is 5.91 Å². The molecule has 1 heterocycles. The third kappa shape index (κ3) is 5.25. The zero-order valence-corrected chi connectivity index (χ0v) is 16.5. The van der Waals surface area contributed by atoms with Crippen molar-refractivity contribution in [2.45, 2.75) is 39.2 Å². The van der Waals surface area contributed by atoms with Crippen LogP contribution < -0.4 is 20.1 Å². The second kappa shape index (κ2) is 8.33. The van der Waals surface area contributed by atoms with Crippen molar-refractivity contribution in [2.75, 3.05) is 18.5 Å². The molecule has 2 amide bonds. The van der Waals surface area contributed by atoms with E-state index in [1.54, 1.807) is 24.3 Å². The number of para-hydroxylation sites is 1. The van der Waals surface area contributed by atoms with E-state index < -0.39 is 0 Å². The molecule has 148 valence electrons. The highest BCUT2D eigenvalue weighted by Crippen LogP contribution is 2.31. The molecule has 0 aromatic heterocycles. The number of benzene rings is 2. The molecule has 2 aromatic carbocycles. The Bertz CT molecular complexity index is 871. The van der Waals surface area contributed by atoms with Crippen LogP contribution in [0.3, 0.4) is 0 Å². The molecule has 2 N–H and O–H groups in total. The minimum absolute atomic E-state index is 0.147. The quantitative estimate of drug-likeness (QED) is 0.829. The second-order valence-corrected chi connectivity index (χ2v) is 7.78. The molecular weight excluding hydrogens is 356 g/mol. The fourth-order valence-corrected chi connectivity index (χ4v) is 2.91. The molecule has 0 bridgehead atoms. The van der Waals surface area contributed by atoms with Crippen molar-refractivity contribution >= 4 is 17.5 Å². The van der Waals surface area contributed by atoms with Crippen molar-refractivity contribution in [3.8, 4) is 11.5 Å². The summed E-state index contributed by atoms with van der Waals surface area (Å²) in [5, 5.41) is 5.77. The first-order valence-electron chi connectivity index (χ1n) is 9.42. The third-order valence-corrected chi connectivity index (χ3v) is 4.18. The number of amides is 2. The summed E-state index contributed by atoms with van der Waals surface area (Å²) in [6.45, 7) is 6.83. The summed E-state index contributed by atoms with van der Waals surface area (Å²) in [7, 11) is 0. The smallest absolute Gasteiger partial charge is 0.253 e. The van der Waals surface area contributed by atoms with Gasteiger partial charge in [-0.2, -0.15) is 0 Å². The second-order valence-electron chi connectivity index (χ2n) is 7.78. The fraction of sp³-hybridized carbons (Fsp3) is 0.364. The fourth-order valence-electron chi connectivity index (χ4n) is 2.91. The normalized spacial score (nSPS) is 13.0. The molecule has 0 fully saturated rings. The van der Waals surface area contributed by atoms with Gasteiger partial charge in [-0.3, -0.25) is 9.59 Å². The number of ether oxygens (including phenoxy) is 2. The van der Waals surface area contributed by atoms with E-state index in [0.29, 0.717) is 43.1 Å². The van der Waals surface area contributed by atoms with E-state index in [4.69, 9.17) is 9.47 Å². The molecule has 28 heavy (non-hydrogen) atoms. The molecule has 1 aliphatic heterocycles. The Kier molecular flexibility index (Phi) is 5.87. The molecule has 3 rings (SSSR count). The lowest BCUT2D eigenvalue weighted by Gasteiger charge is -2.21. The number of carbonyl (C=O) groups is 2. The lowest BCUT2D eigenvalue weighted by atomic mass is 10.1. The van der Waals surface area contributed by atoms with Crippen molar-refractivity contribution in [1.82, 2.24) is 5.32 Å². The number of aryl methyl sites for hydroxylation is 1. The standard InChI is InChI=1S/C22H26N2O4/c1-22(2,3)24-21(26)16-6-4-5-7-17(16)23-20(25)11-9-15-8-10-18-19(14-15)28-13-12-27-18/h4-8,10,14H,9,11-13H2,1-3H3,(H,23,25)(H,24,26). The largest absolute Gasteiger partial charge is 0.486 e. The Morgan fingerprint density at radius 2 is 1.71 bits per heavy atom. The van der Waals surface area contributed by atoms with Gasteiger partial charge >= 0.3 is 0 Å². The summed E-state index contributed by atoms with van der Waals surface area (Å²) >= 11 is 0. The van der Waals surface area contributed by atoms with Crippen molar-refractivity contribution in [2.24, 2.45) is 0 Å². The maximum atomic E-state index is 12.5. The zero-order valence-electron chi connectivity index (χ0n) is 16.5. The van der Waals surface area contributed by atoms with Gasteiger partial charge < -0.3 is 20.1 Å². The van der Waals surface area contributed by atoms with E-state index in [-0.39, 0.29) is 17.4 Å². The van der Waals surface area contributed by atoms with E-state index >= 15 is 0 Å². The maximum Gasteiger partial charge on any atom is 0.253 e. The predicted octanol–water partition coefficient (Wildman–Crippen LogP) is 3.56. The number of fused-ring (bicyclic) bond motifs is 1. The van der Waals surface area contributed by atoms with Crippen LogP contribution in [0, 0.1) is 0 Å². The summed E-state index contributed by atoms with van der Waals surface area (Å²) in [4.78, 5) is 24.9. The monoisotopic (exact) mass is 382 g/mol. The van der Waals surface area contributed by atoms with Crippen LogP contribution >= 0.6 is 0 Å². The maximum absolute atomic E-state index is 12.5. The van der Waals surface area contributed by atoms with E-state index in [1.165, 1.54) is 0 Å². The predicted molar refractivity (Wildman–Crippen MR) is 108 cm³/mol. The molecule has 6 nitrogen and oxygen atoms in total. The highest BCUT2D eigenvalue weighted by molar-refractivity contribution is 6.04. The molecule has 0 radical (unpaired) electrons. The Labute approximate surface area is 165 Å². The highest BCUT2D eigenvalue weighted by Gasteiger charge is 2.19. The van der Waals surface area contributed by atoms with Gasteiger partial charge in [0, 0.05) is 12.0 Å². The van der Waals surface area contributed by atoms with Gasteiger partial charge in [0.15, 0.2) is 11.5 Å². The van der Waals surface area contributed by atoms with E-state index in [2.05, 4.69) is 10.6 Å². The minimum Gasteiger partial charge on any atom is -0.486 e. The van der Waals surface area contributed by atoms with Crippen LogP contribution in [0.4, 0.5) is 5.69 Å². The van der Waals surface area contributed by atoms with Crippen molar-refractivity contribution in [1.29, 1.82) is 0 Å². The summed E-state index contributed by atoms with van der Waals surface area (Å²) < 4.78 is 11.1. The van der Waals surface area contributed by atoms with Gasteiger partial charge in [-0.15, -0.1) is 0 Å². The molecule has 0 unspecified atom stereocenters. The number of hydrogen-bond acceptors (Lipinski definition) is 4. The molecule has 0 aliphatic carbocycles. The summed E-state index contributed by atoms with van der Waals surface area (Å²) in [6.07, 6.45) is 0.869. The zero-order chi connectivity index (χ0) is 20.1. The van der Waals surface area contributed by atoms with E-state index in [0.717, 1.165) is 11.3 Å². The molecule has 0 saturated heterocycles. The van der Waals surface area contributed by atoms with Crippen LogP contribution in [0.2, 0.25) is 0 Å². The van der Waals surface area contributed by atoms with Crippen molar-refractivity contribution in [3.05, 3.63) is 53.6 Å². The van der Waals surface area contributed by atoms with Crippen LogP contribution in [-0.4, -0.2) is 30.6 Å². The minimum atomic E-state index is -0.355. The molecule has 0 atom stereocenters. The number of hydrogen-bond donors (Lipinski definition) is 2.